The summed E-state index contributed by atoms with van der Waals surface area (Å²) in [5.41, 5.74) is 0.330. The summed E-state index contributed by atoms with van der Waals surface area (Å²) in [5.74, 6) is 0.137. The SMILES string of the molecule is CCCCCN1C(=O)[C@@H](C(O)C2CCCCC2)NC(=O)C12CCN(Cc1ccc(Oc3ccc(C(=O)O)cc3OC)cc1)CC2.Cl. The predicted octanol–water partition coefficient (Wildman–Crippen LogP) is 5.40. The fraction of sp³-hybridized carbons (Fsp3) is 0.571. The second-order valence-electron chi connectivity index (χ2n) is 12.8. The summed E-state index contributed by atoms with van der Waals surface area (Å²) in [7, 11) is 1.47. The van der Waals surface area contributed by atoms with Gasteiger partial charge in [0.1, 0.15) is 17.3 Å². The molecule has 46 heavy (non-hydrogen) atoms. The summed E-state index contributed by atoms with van der Waals surface area (Å²) in [6.07, 6.45) is 8.20. The Morgan fingerprint density at radius 1 is 1.02 bits per heavy atom. The lowest BCUT2D eigenvalue weighted by Crippen LogP contribution is -2.75. The molecule has 5 rings (SSSR count). The minimum absolute atomic E-state index is 0. The Labute approximate surface area is 277 Å². The van der Waals surface area contributed by atoms with Crippen molar-refractivity contribution in [3.63, 3.8) is 0 Å². The summed E-state index contributed by atoms with van der Waals surface area (Å²) in [6.45, 7) is 4.71. The maximum Gasteiger partial charge on any atom is 0.335 e. The van der Waals surface area contributed by atoms with Gasteiger partial charge in [-0.05, 0) is 73.9 Å². The van der Waals surface area contributed by atoms with Gasteiger partial charge in [-0.25, -0.2) is 4.79 Å². The average Bonchev–Trinajstić information content (AvgIpc) is 3.06. The molecule has 10 nitrogen and oxygen atoms in total. The number of aliphatic hydroxyl groups excluding tert-OH is 1. The van der Waals surface area contributed by atoms with Gasteiger partial charge in [-0.2, -0.15) is 0 Å². The van der Waals surface area contributed by atoms with Gasteiger partial charge in [0.2, 0.25) is 11.8 Å². The van der Waals surface area contributed by atoms with Crippen molar-refractivity contribution in [2.45, 2.75) is 95.4 Å². The molecule has 1 unspecified atom stereocenters. The number of nitrogens with zero attached hydrogens (tertiary/aromatic N) is 2. The highest BCUT2D eigenvalue weighted by molar-refractivity contribution is 6.00. The standard InChI is InChI=1S/C35H47N3O7.ClH/c1-3-4-8-19-38-32(40)30(31(39)25-9-6-5-7-10-25)36-34(43)35(38)17-20-37(21-18-35)23-24-11-14-27(15-12-24)45-28-16-13-26(33(41)42)22-29(28)44-2;/h11-16,22,25,30-31,39H,3-10,17-21,23H2,1-2H3,(H,36,43)(H,41,42);1H/t30-,31?;/m1./s1. The van der Waals surface area contributed by atoms with E-state index in [9.17, 15) is 24.6 Å². The zero-order chi connectivity index (χ0) is 32.0. The van der Waals surface area contributed by atoms with E-state index in [0.29, 0.717) is 56.3 Å². The first-order chi connectivity index (χ1) is 21.8. The van der Waals surface area contributed by atoms with Crippen LogP contribution in [0.5, 0.6) is 17.2 Å². The molecule has 3 fully saturated rings. The maximum atomic E-state index is 13.9. The van der Waals surface area contributed by atoms with Gasteiger partial charge in [0.05, 0.1) is 18.8 Å². The van der Waals surface area contributed by atoms with Crippen molar-refractivity contribution >= 4 is 30.2 Å². The molecule has 0 bridgehead atoms. The number of methoxy groups -OCH3 is 1. The zero-order valence-electron chi connectivity index (χ0n) is 26.9. The highest BCUT2D eigenvalue weighted by Gasteiger charge is 2.55. The van der Waals surface area contributed by atoms with Gasteiger partial charge in [0.15, 0.2) is 11.5 Å². The van der Waals surface area contributed by atoms with Crippen LogP contribution in [-0.2, 0) is 16.1 Å². The van der Waals surface area contributed by atoms with Crippen LogP contribution in [0.1, 0.15) is 87.1 Å². The molecule has 2 aliphatic heterocycles. The van der Waals surface area contributed by atoms with Gasteiger partial charge in [-0.1, -0.05) is 51.2 Å². The molecule has 2 atom stereocenters. The van der Waals surface area contributed by atoms with Gasteiger partial charge in [0, 0.05) is 26.2 Å². The number of aliphatic hydroxyl groups is 1. The van der Waals surface area contributed by atoms with Crippen LogP contribution in [0.4, 0.5) is 0 Å². The molecule has 0 aromatic heterocycles. The number of piperazine rings is 1. The number of hydrogen-bond donors (Lipinski definition) is 3. The van der Waals surface area contributed by atoms with Crippen LogP contribution in [0, 0.1) is 5.92 Å². The average molecular weight is 658 g/mol. The molecule has 3 aliphatic rings. The molecule has 2 saturated heterocycles. The Morgan fingerprint density at radius 3 is 2.35 bits per heavy atom. The molecule has 252 valence electrons. The van der Waals surface area contributed by atoms with Gasteiger partial charge >= 0.3 is 5.97 Å². The van der Waals surface area contributed by atoms with Crippen molar-refractivity contribution in [1.82, 2.24) is 15.1 Å². The molecule has 2 amide bonds. The molecular weight excluding hydrogens is 610 g/mol. The van der Waals surface area contributed by atoms with E-state index in [1.165, 1.54) is 19.2 Å². The first kappa shape index (κ1) is 35.5. The van der Waals surface area contributed by atoms with E-state index < -0.39 is 23.7 Å². The normalized spacial score (nSPS) is 20.9. The summed E-state index contributed by atoms with van der Waals surface area (Å²) < 4.78 is 11.3. The lowest BCUT2D eigenvalue weighted by atomic mass is 9.78. The van der Waals surface area contributed by atoms with Gasteiger partial charge in [-0.3, -0.25) is 14.5 Å². The zero-order valence-corrected chi connectivity index (χ0v) is 27.7. The van der Waals surface area contributed by atoms with Crippen LogP contribution in [0.25, 0.3) is 0 Å². The monoisotopic (exact) mass is 657 g/mol. The van der Waals surface area contributed by atoms with Crippen molar-refractivity contribution < 1.29 is 34.1 Å². The van der Waals surface area contributed by atoms with E-state index in [1.807, 2.05) is 29.2 Å². The summed E-state index contributed by atoms with van der Waals surface area (Å²) in [6, 6.07) is 11.3. The molecule has 1 aliphatic carbocycles. The molecule has 3 N–H and O–H groups in total. The first-order valence-electron chi connectivity index (χ1n) is 16.5. The number of piperidine rings is 1. The molecule has 2 aromatic rings. The number of ether oxygens (including phenoxy) is 2. The number of carboxylic acids is 1. The summed E-state index contributed by atoms with van der Waals surface area (Å²) in [4.78, 5) is 43.2. The highest BCUT2D eigenvalue weighted by atomic mass is 35.5. The Morgan fingerprint density at radius 2 is 1.72 bits per heavy atom. The van der Waals surface area contributed by atoms with E-state index in [-0.39, 0.29) is 35.7 Å². The first-order valence-corrected chi connectivity index (χ1v) is 16.5. The van der Waals surface area contributed by atoms with Crippen molar-refractivity contribution in [2.24, 2.45) is 5.92 Å². The molecule has 1 saturated carbocycles. The number of unbranched alkanes of at least 4 members (excludes halogenated alkanes) is 2. The number of carbonyl (C=O) groups excluding carboxylic acids is 2. The lowest BCUT2D eigenvalue weighted by Gasteiger charge is -2.52. The summed E-state index contributed by atoms with van der Waals surface area (Å²) >= 11 is 0. The highest BCUT2D eigenvalue weighted by Crippen LogP contribution is 2.37. The minimum Gasteiger partial charge on any atom is -0.493 e. The van der Waals surface area contributed by atoms with Crippen molar-refractivity contribution in [3.05, 3.63) is 53.6 Å². The smallest absolute Gasteiger partial charge is 0.335 e. The number of rotatable bonds is 12. The number of amides is 2. The number of carbonyl (C=O) groups is 3. The minimum atomic E-state index is -1.04. The Balaban J connectivity index is 0.00000480. The van der Waals surface area contributed by atoms with Crippen LogP contribution in [-0.4, -0.2) is 82.2 Å². The van der Waals surface area contributed by atoms with Gasteiger partial charge < -0.3 is 29.9 Å². The number of halogens is 1. The quantitative estimate of drug-likeness (QED) is 0.259. The molecule has 0 radical (unpaired) electrons. The lowest BCUT2D eigenvalue weighted by molar-refractivity contribution is -0.166. The van der Waals surface area contributed by atoms with Crippen LogP contribution >= 0.6 is 12.4 Å². The van der Waals surface area contributed by atoms with Crippen molar-refractivity contribution in [2.75, 3.05) is 26.7 Å². The molecule has 1 spiro atoms. The van der Waals surface area contributed by atoms with Crippen molar-refractivity contribution in [3.8, 4) is 17.2 Å². The van der Waals surface area contributed by atoms with Crippen LogP contribution in [0.3, 0.4) is 0 Å². The number of carboxylic acid groups (broad SMARTS) is 1. The fourth-order valence-electron chi connectivity index (χ4n) is 7.17. The number of likely N-dealkylation sites (tertiary alicyclic amines) is 1. The largest absolute Gasteiger partial charge is 0.493 e. The van der Waals surface area contributed by atoms with Crippen LogP contribution in [0.15, 0.2) is 42.5 Å². The van der Waals surface area contributed by atoms with Crippen molar-refractivity contribution in [1.29, 1.82) is 0 Å². The van der Waals surface area contributed by atoms with E-state index in [1.54, 1.807) is 6.07 Å². The van der Waals surface area contributed by atoms with E-state index >= 15 is 0 Å². The number of aromatic carboxylic acids is 1. The van der Waals surface area contributed by atoms with E-state index in [0.717, 1.165) is 56.9 Å². The molecular formula is C35H48ClN3O7. The van der Waals surface area contributed by atoms with E-state index in [2.05, 4.69) is 17.1 Å². The molecule has 2 heterocycles. The third-order valence-electron chi connectivity index (χ3n) is 9.87. The van der Waals surface area contributed by atoms with Crippen LogP contribution in [0.2, 0.25) is 0 Å². The van der Waals surface area contributed by atoms with Crippen LogP contribution < -0.4 is 14.8 Å². The topological polar surface area (TPSA) is 129 Å². The number of benzene rings is 2. The van der Waals surface area contributed by atoms with E-state index in [4.69, 9.17) is 9.47 Å². The predicted molar refractivity (Wildman–Crippen MR) is 177 cm³/mol. The number of nitrogens with one attached hydrogen (secondary N) is 1. The third-order valence-corrected chi connectivity index (χ3v) is 9.87. The van der Waals surface area contributed by atoms with Gasteiger partial charge in [-0.15, -0.1) is 12.4 Å². The number of hydrogen-bond acceptors (Lipinski definition) is 7. The second-order valence-corrected chi connectivity index (χ2v) is 12.8. The Hall–Kier alpha value is -3.34. The molecule has 2 aromatic carbocycles. The summed E-state index contributed by atoms with van der Waals surface area (Å²) in [5, 5.41) is 23.5. The molecule has 11 heteroatoms. The maximum absolute atomic E-state index is 13.9. The Bertz CT molecular complexity index is 1340. The third kappa shape index (κ3) is 7.78. The fourth-order valence-corrected chi connectivity index (χ4v) is 7.17. The second kappa shape index (κ2) is 16.0. The Kier molecular flexibility index (Phi) is 12.3. The van der Waals surface area contributed by atoms with Gasteiger partial charge in [0.25, 0.3) is 0 Å².